The van der Waals surface area contributed by atoms with Crippen molar-refractivity contribution < 1.29 is 14.2 Å². The Morgan fingerprint density at radius 1 is 1.53 bits per heavy atom. The standard InChI is InChI=1S/C10H11BrFNO2/c11-6-3-7(10(14)8(12)4-6)9-5-13-1-2-15-9/h3-4,9,13-14H,1-2,5H2. The highest BCUT2D eigenvalue weighted by Crippen LogP contribution is 2.32. The van der Waals surface area contributed by atoms with Crippen molar-refractivity contribution in [2.24, 2.45) is 0 Å². The van der Waals surface area contributed by atoms with E-state index in [1.807, 2.05) is 0 Å². The number of rotatable bonds is 1. The number of phenolic OH excluding ortho intramolecular Hbond substituents is 1. The number of morpholine rings is 1. The van der Waals surface area contributed by atoms with Gasteiger partial charge >= 0.3 is 0 Å². The zero-order valence-corrected chi connectivity index (χ0v) is 9.55. The van der Waals surface area contributed by atoms with Crippen molar-refractivity contribution in [3.8, 4) is 5.75 Å². The molecule has 1 heterocycles. The summed E-state index contributed by atoms with van der Waals surface area (Å²) >= 11 is 3.19. The summed E-state index contributed by atoms with van der Waals surface area (Å²) in [4.78, 5) is 0. The molecule has 0 saturated carbocycles. The van der Waals surface area contributed by atoms with Gasteiger partial charge in [0.15, 0.2) is 11.6 Å². The van der Waals surface area contributed by atoms with E-state index >= 15 is 0 Å². The van der Waals surface area contributed by atoms with E-state index in [-0.39, 0.29) is 11.9 Å². The number of nitrogens with one attached hydrogen (secondary N) is 1. The van der Waals surface area contributed by atoms with Crippen LogP contribution in [0.25, 0.3) is 0 Å². The molecule has 1 aliphatic rings. The molecule has 3 nitrogen and oxygen atoms in total. The molecule has 0 spiro atoms. The lowest BCUT2D eigenvalue weighted by molar-refractivity contribution is 0.0259. The molecular weight excluding hydrogens is 265 g/mol. The Kier molecular flexibility index (Phi) is 3.23. The molecule has 5 heteroatoms. The molecule has 0 aromatic heterocycles. The average Bonchev–Trinajstić information content (AvgIpc) is 2.24. The van der Waals surface area contributed by atoms with Gasteiger partial charge in [-0.1, -0.05) is 15.9 Å². The van der Waals surface area contributed by atoms with Gasteiger partial charge in [-0.15, -0.1) is 0 Å². The fourth-order valence-electron chi connectivity index (χ4n) is 1.60. The van der Waals surface area contributed by atoms with Crippen LogP contribution in [-0.2, 0) is 4.74 Å². The molecule has 2 rings (SSSR count). The number of ether oxygens (including phenoxy) is 1. The highest BCUT2D eigenvalue weighted by Gasteiger charge is 2.21. The molecule has 0 bridgehead atoms. The second kappa shape index (κ2) is 4.47. The highest BCUT2D eigenvalue weighted by atomic mass is 79.9. The minimum absolute atomic E-state index is 0.286. The van der Waals surface area contributed by atoms with E-state index in [0.29, 0.717) is 23.2 Å². The maximum absolute atomic E-state index is 13.2. The minimum atomic E-state index is -0.631. The summed E-state index contributed by atoms with van der Waals surface area (Å²) in [6, 6.07) is 2.91. The number of phenols is 1. The van der Waals surface area contributed by atoms with Gasteiger partial charge in [-0.25, -0.2) is 4.39 Å². The molecular formula is C10H11BrFNO2. The molecule has 0 aliphatic carbocycles. The molecule has 1 saturated heterocycles. The van der Waals surface area contributed by atoms with Crippen LogP contribution in [0.4, 0.5) is 4.39 Å². The van der Waals surface area contributed by atoms with Gasteiger partial charge < -0.3 is 15.2 Å². The van der Waals surface area contributed by atoms with E-state index < -0.39 is 5.82 Å². The van der Waals surface area contributed by atoms with E-state index in [0.717, 1.165) is 6.54 Å². The van der Waals surface area contributed by atoms with E-state index in [4.69, 9.17) is 4.74 Å². The topological polar surface area (TPSA) is 41.5 Å². The first-order valence-electron chi connectivity index (χ1n) is 4.68. The van der Waals surface area contributed by atoms with Crippen molar-refractivity contribution in [3.05, 3.63) is 28.0 Å². The summed E-state index contributed by atoms with van der Waals surface area (Å²) in [7, 11) is 0. The molecule has 2 N–H and O–H groups in total. The Balaban J connectivity index is 2.33. The van der Waals surface area contributed by atoms with Gasteiger partial charge in [0.05, 0.1) is 12.7 Å². The number of aromatic hydroxyl groups is 1. The molecule has 82 valence electrons. The van der Waals surface area contributed by atoms with Crippen molar-refractivity contribution in [1.29, 1.82) is 0 Å². The highest BCUT2D eigenvalue weighted by molar-refractivity contribution is 9.10. The zero-order valence-electron chi connectivity index (χ0n) is 7.96. The van der Waals surface area contributed by atoms with Crippen LogP contribution in [0.1, 0.15) is 11.7 Å². The first-order valence-corrected chi connectivity index (χ1v) is 5.48. The van der Waals surface area contributed by atoms with Crippen LogP contribution in [0.5, 0.6) is 5.75 Å². The first kappa shape index (κ1) is 10.9. The largest absolute Gasteiger partial charge is 0.505 e. The van der Waals surface area contributed by atoms with Crippen LogP contribution in [0.3, 0.4) is 0 Å². The minimum Gasteiger partial charge on any atom is -0.505 e. The Bertz CT molecular complexity index is 367. The Morgan fingerprint density at radius 3 is 3.00 bits per heavy atom. The van der Waals surface area contributed by atoms with Crippen molar-refractivity contribution in [2.45, 2.75) is 6.10 Å². The van der Waals surface area contributed by atoms with Gasteiger partial charge in [-0.3, -0.25) is 0 Å². The first-order chi connectivity index (χ1) is 7.18. The summed E-state index contributed by atoms with van der Waals surface area (Å²) in [6.45, 7) is 1.94. The molecule has 1 aromatic rings. The van der Waals surface area contributed by atoms with Gasteiger partial charge in [-0.05, 0) is 12.1 Å². The van der Waals surface area contributed by atoms with Crippen LogP contribution < -0.4 is 5.32 Å². The summed E-state index contributed by atoms with van der Waals surface area (Å²) < 4.78 is 19.3. The summed E-state index contributed by atoms with van der Waals surface area (Å²) in [5, 5.41) is 12.7. The lowest BCUT2D eigenvalue weighted by Gasteiger charge is -2.24. The van der Waals surface area contributed by atoms with Gasteiger partial charge in [0, 0.05) is 23.1 Å². The summed E-state index contributed by atoms with van der Waals surface area (Å²) in [6.07, 6.45) is -0.286. The molecule has 1 fully saturated rings. The van der Waals surface area contributed by atoms with E-state index in [2.05, 4.69) is 21.2 Å². The second-order valence-corrected chi connectivity index (χ2v) is 4.30. The maximum Gasteiger partial charge on any atom is 0.166 e. The van der Waals surface area contributed by atoms with Crippen molar-refractivity contribution >= 4 is 15.9 Å². The zero-order chi connectivity index (χ0) is 10.8. The third-order valence-corrected chi connectivity index (χ3v) is 2.79. The van der Waals surface area contributed by atoms with Gasteiger partial charge in [0.25, 0.3) is 0 Å². The van der Waals surface area contributed by atoms with Gasteiger partial charge in [0.1, 0.15) is 0 Å². The fraction of sp³-hybridized carbons (Fsp3) is 0.400. The molecule has 0 radical (unpaired) electrons. The SMILES string of the molecule is Oc1c(F)cc(Br)cc1C1CNCCO1. The quantitative estimate of drug-likeness (QED) is 0.823. The number of benzene rings is 1. The van der Waals surface area contributed by atoms with Crippen LogP contribution in [0.2, 0.25) is 0 Å². The predicted molar refractivity (Wildman–Crippen MR) is 57.3 cm³/mol. The maximum atomic E-state index is 13.2. The third-order valence-electron chi connectivity index (χ3n) is 2.33. The van der Waals surface area contributed by atoms with Crippen LogP contribution in [0.15, 0.2) is 16.6 Å². The number of halogens is 2. The van der Waals surface area contributed by atoms with Crippen molar-refractivity contribution in [3.63, 3.8) is 0 Å². The Hall–Kier alpha value is -0.650. The monoisotopic (exact) mass is 275 g/mol. The van der Waals surface area contributed by atoms with Gasteiger partial charge in [-0.2, -0.15) is 0 Å². The number of hydrogen-bond donors (Lipinski definition) is 2. The Labute approximate surface area is 95.4 Å². The van der Waals surface area contributed by atoms with Crippen LogP contribution in [-0.4, -0.2) is 24.8 Å². The van der Waals surface area contributed by atoms with Crippen LogP contribution >= 0.6 is 15.9 Å². The van der Waals surface area contributed by atoms with E-state index in [1.165, 1.54) is 6.07 Å². The van der Waals surface area contributed by atoms with Crippen molar-refractivity contribution in [2.75, 3.05) is 19.7 Å². The second-order valence-electron chi connectivity index (χ2n) is 3.39. The van der Waals surface area contributed by atoms with Crippen molar-refractivity contribution in [1.82, 2.24) is 5.32 Å². The molecule has 0 amide bonds. The van der Waals surface area contributed by atoms with Crippen LogP contribution in [0, 0.1) is 5.82 Å². The molecule has 1 aromatic carbocycles. The molecule has 15 heavy (non-hydrogen) atoms. The molecule has 1 unspecified atom stereocenters. The van der Waals surface area contributed by atoms with E-state index in [9.17, 15) is 9.50 Å². The van der Waals surface area contributed by atoms with E-state index in [1.54, 1.807) is 6.07 Å². The summed E-state index contributed by atoms with van der Waals surface area (Å²) in [5.74, 6) is -0.958. The Morgan fingerprint density at radius 2 is 2.33 bits per heavy atom. The number of hydrogen-bond acceptors (Lipinski definition) is 3. The lowest BCUT2D eigenvalue weighted by atomic mass is 10.1. The fourth-order valence-corrected chi connectivity index (χ4v) is 2.04. The van der Waals surface area contributed by atoms with Gasteiger partial charge in [0.2, 0.25) is 0 Å². The third kappa shape index (κ3) is 2.30. The molecule has 1 atom stereocenters. The smallest absolute Gasteiger partial charge is 0.166 e. The molecule has 1 aliphatic heterocycles. The summed E-state index contributed by atoms with van der Waals surface area (Å²) in [5.41, 5.74) is 0.481. The average molecular weight is 276 g/mol. The lowest BCUT2D eigenvalue weighted by Crippen LogP contribution is -2.33. The normalized spacial score (nSPS) is 21.6. The predicted octanol–water partition coefficient (Wildman–Crippen LogP) is 1.95.